The molecule has 1 aromatic carbocycles. The Hall–Kier alpha value is -1.27. The van der Waals surface area contributed by atoms with Crippen molar-refractivity contribution in [1.82, 2.24) is 4.31 Å². The second-order valence-corrected chi connectivity index (χ2v) is 6.43. The van der Waals surface area contributed by atoms with Crippen LogP contribution >= 0.6 is 11.6 Å². The van der Waals surface area contributed by atoms with Gasteiger partial charge >= 0.3 is 10.2 Å². The molecule has 0 saturated carbocycles. The SMILES string of the molecule is Cc1cc(Cl)cc2c1NS(=O)(=O)N(C(C)C)C2=O. The van der Waals surface area contributed by atoms with E-state index in [0.29, 0.717) is 16.3 Å². The van der Waals surface area contributed by atoms with Gasteiger partial charge in [0.2, 0.25) is 0 Å². The van der Waals surface area contributed by atoms with Crippen molar-refractivity contribution in [2.45, 2.75) is 26.8 Å². The highest BCUT2D eigenvalue weighted by Crippen LogP contribution is 2.33. The highest BCUT2D eigenvalue weighted by molar-refractivity contribution is 7.91. The quantitative estimate of drug-likeness (QED) is 0.861. The van der Waals surface area contributed by atoms with Crippen LogP contribution in [0.25, 0.3) is 0 Å². The van der Waals surface area contributed by atoms with Crippen LogP contribution in [0, 0.1) is 6.92 Å². The van der Waals surface area contributed by atoms with Crippen molar-refractivity contribution in [2.24, 2.45) is 0 Å². The summed E-state index contributed by atoms with van der Waals surface area (Å²) in [5.41, 5.74) is 1.21. The zero-order chi connectivity index (χ0) is 13.7. The fourth-order valence-electron chi connectivity index (χ4n) is 1.97. The summed E-state index contributed by atoms with van der Waals surface area (Å²) < 4.78 is 27.2. The molecule has 98 valence electrons. The van der Waals surface area contributed by atoms with E-state index in [-0.39, 0.29) is 5.56 Å². The van der Waals surface area contributed by atoms with Gasteiger partial charge in [-0.2, -0.15) is 8.42 Å². The van der Waals surface area contributed by atoms with Crippen molar-refractivity contribution in [1.29, 1.82) is 0 Å². The molecule has 5 nitrogen and oxygen atoms in total. The van der Waals surface area contributed by atoms with E-state index in [9.17, 15) is 13.2 Å². The summed E-state index contributed by atoms with van der Waals surface area (Å²) in [7, 11) is -3.83. The Bertz CT molecular complexity index is 625. The van der Waals surface area contributed by atoms with Gasteiger partial charge in [-0.15, -0.1) is 0 Å². The molecule has 0 fully saturated rings. The zero-order valence-electron chi connectivity index (χ0n) is 10.2. The molecule has 1 aliphatic rings. The van der Waals surface area contributed by atoms with Gasteiger partial charge in [-0.3, -0.25) is 9.52 Å². The number of amides is 1. The molecule has 0 bridgehead atoms. The van der Waals surface area contributed by atoms with Gasteiger partial charge in [0.15, 0.2) is 0 Å². The molecule has 1 aromatic rings. The Morgan fingerprint density at radius 3 is 2.50 bits per heavy atom. The highest BCUT2D eigenvalue weighted by Gasteiger charge is 2.38. The maximum Gasteiger partial charge on any atom is 0.326 e. The Morgan fingerprint density at radius 2 is 1.94 bits per heavy atom. The maximum atomic E-state index is 12.2. The summed E-state index contributed by atoms with van der Waals surface area (Å²) in [6, 6.07) is 2.63. The lowest BCUT2D eigenvalue weighted by Crippen LogP contribution is -2.48. The second-order valence-electron chi connectivity index (χ2n) is 4.45. The number of halogens is 1. The molecular weight excluding hydrogens is 276 g/mol. The smallest absolute Gasteiger partial charge is 0.268 e. The molecular formula is C11H13ClN2O3S. The third kappa shape index (κ3) is 1.95. The average Bonchev–Trinajstić information content (AvgIpc) is 2.19. The van der Waals surface area contributed by atoms with Crippen LogP contribution in [0.3, 0.4) is 0 Å². The predicted octanol–water partition coefficient (Wildman–Crippen LogP) is 2.17. The molecule has 0 spiro atoms. The number of benzene rings is 1. The van der Waals surface area contributed by atoms with Crippen LogP contribution in [0.2, 0.25) is 5.02 Å². The van der Waals surface area contributed by atoms with Crippen LogP contribution in [0.4, 0.5) is 5.69 Å². The minimum absolute atomic E-state index is 0.281. The molecule has 0 aliphatic carbocycles. The van der Waals surface area contributed by atoms with Crippen LogP contribution in [-0.4, -0.2) is 24.7 Å². The van der Waals surface area contributed by atoms with Gasteiger partial charge in [0.1, 0.15) is 0 Å². The Balaban J connectivity index is 2.70. The predicted molar refractivity (Wildman–Crippen MR) is 70.0 cm³/mol. The number of carbonyl (C=O) groups excluding carboxylic acids is 1. The first-order valence-corrected chi connectivity index (χ1v) is 7.22. The van der Waals surface area contributed by atoms with Gasteiger partial charge < -0.3 is 0 Å². The van der Waals surface area contributed by atoms with Crippen molar-refractivity contribution in [2.75, 3.05) is 4.72 Å². The molecule has 18 heavy (non-hydrogen) atoms. The van der Waals surface area contributed by atoms with Crippen LogP contribution < -0.4 is 4.72 Å². The van der Waals surface area contributed by atoms with Crippen LogP contribution in [-0.2, 0) is 10.2 Å². The minimum atomic E-state index is -3.83. The number of fused-ring (bicyclic) bond motifs is 1. The second kappa shape index (κ2) is 4.13. The lowest BCUT2D eigenvalue weighted by Gasteiger charge is -2.32. The monoisotopic (exact) mass is 288 g/mol. The number of nitrogens with one attached hydrogen (secondary N) is 1. The normalized spacial score (nSPS) is 17.6. The first-order valence-electron chi connectivity index (χ1n) is 5.40. The van der Waals surface area contributed by atoms with Crippen LogP contribution in [0.5, 0.6) is 0 Å². The molecule has 7 heteroatoms. The number of rotatable bonds is 1. The third-order valence-corrected chi connectivity index (χ3v) is 4.48. The summed E-state index contributed by atoms with van der Waals surface area (Å²) in [4.78, 5) is 12.2. The van der Waals surface area contributed by atoms with E-state index >= 15 is 0 Å². The molecule has 1 aliphatic heterocycles. The minimum Gasteiger partial charge on any atom is -0.268 e. The van der Waals surface area contributed by atoms with E-state index in [2.05, 4.69) is 4.72 Å². The number of nitrogens with zero attached hydrogens (tertiary/aromatic N) is 1. The number of hydrogen-bond donors (Lipinski definition) is 1. The first kappa shape index (κ1) is 13.2. The van der Waals surface area contributed by atoms with Crippen LogP contribution in [0.1, 0.15) is 29.8 Å². The first-order chi connectivity index (χ1) is 8.24. The zero-order valence-corrected chi connectivity index (χ0v) is 11.8. The van der Waals surface area contributed by atoms with E-state index in [4.69, 9.17) is 11.6 Å². The van der Waals surface area contributed by atoms with Crippen molar-refractivity contribution in [3.8, 4) is 0 Å². The number of hydrogen-bond acceptors (Lipinski definition) is 3. The molecule has 1 N–H and O–H groups in total. The molecule has 0 aromatic heterocycles. The van der Waals surface area contributed by atoms with Gasteiger partial charge in [0.25, 0.3) is 5.91 Å². The third-order valence-electron chi connectivity index (χ3n) is 2.69. The van der Waals surface area contributed by atoms with Gasteiger partial charge in [-0.25, -0.2) is 4.31 Å². The van der Waals surface area contributed by atoms with Crippen molar-refractivity contribution in [3.63, 3.8) is 0 Å². The summed E-state index contributed by atoms with van der Waals surface area (Å²) in [5, 5.41) is 0.407. The van der Waals surface area contributed by atoms with Gasteiger partial charge in [0, 0.05) is 11.1 Å². The molecule has 0 atom stereocenters. The molecule has 1 amide bonds. The Kier molecular flexibility index (Phi) is 3.03. The number of aryl methyl sites for hydroxylation is 1. The summed E-state index contributed by atoms with van der Waals surface area (Å²) in [5.74, 6) is -0.552. The van der Waals surface area contributed by atoms with Crippen molar-refractivity contribution >= 4 is 33.4 Å². The van der Waals surface area contributed by atoms with E-state index in [1.807, 2.05) is 0 Å². The number of anilines is 1. The van der Waals surface area contributed by atoms with E-state index < -0.39 is 22.2 Å². The summed E-state index contributed by atoms with van der Waals surface area (Å²) in [6.07, 6.45) is 0. The van der Waals surface area contributed by atoms with Crippen LogP contribution in [0.15, 0.2) is 12.1 Å². The average molecular weight is 289 g/mol. The largest absolute Gasteiger partial charge is 0.326 e. The van der Waals surface area contributed by atoms with Gasteiger partial charge in [-0.1, -0.05) is 11.6 Å². The molecule has 1 heterocycles. The van der Waals surface area contributed by atoms with Gasteiger partial charge in [0.05, 0.1) is 11.3 Å². The fourth-order valence-corrected chi connectivity index (χ4v) is 3.74. The topological polar surface area (TPSA) is 66.5 Å². The van der Waals surface area contributed by atoms with Gasteiger partial charge in [-0.05, 0) is 38.5 Å². The highest BCUT2D eigenvalue weighted by atomic mass is 35.5. The summed E-state index contributed by atoms with van der Waals surface area (Å²) in [6.45, 7) is 4.98. The standard InChI is InChI=1S/C11H13ClN2O3S/c1-6(2)14-11(15)9-5-8(12)4-7(3)10(9)13-18(14,16)17/h4-6,13H,1-3H3. The molecule has 0 radical (unpaired) electrons. The number of carbonyl (C=O) groups is 1. The van der Waals surface area contributed by atoms with E-state index in [1.165, 1.54) is 6.07 Å². The molecule has 0 unspecified atom stereocenters. The van der Waals surface area contributed by atoms with E-state index in [1.54, 1.807) is 26.8 Å². The molecule has 2 rings (SSSR count). The van der Waals surface area contributed by atoms with Crippen molar-refractivity contribution < 1.29 is 13.2 Å². The lowest BCUT2D eigenvalue weighted by atomic mass is 10.1. The lowest BCUT2D eigenvalue weighted by molar-refractivity contribution is 0.0834. The summed E-state index contributed by atoms with van der Waals surface area (Å²) >= 11 is 5.90. The fraction of sp³-hybridized carbons (Fsp3) is 0.364. The molecule has 0 saturated heterocycles. The van der Waals surface area contributed by atoms with E-state index in [0.717, 1.165) is 4.31 Å². The maximum absolute atomic E-state index is 12.2. The Labute approximate surface area is 111 Å². The Morgan fingerprint density at radius 1 is 1.33 bits per heavy atom. The van der Waals surface area contributed by atoms with Crippen molar-refractivity contribution in [3.05, 3.63) is 28.3 Å².